The van der Waals surface area contributed by atoms with Gasteiger partial charge < -0.3 is 5.32 Å². The molecule has 0 aliphatic rings. The SMILES string of the molecule is Cn1ccc(CCNCc2cccc(C#N)c2F)n1. The second-order valence-electron chi connectivity index (χ2n) is 4.30. The number of nitriles is 1. The lowest BCUT2D eigenvalue weighted by molar-refractivity contribution is 0.583. The van der Waals surface area contributed by atoms with Crippen molar-refractivity contribution in [1.29, 1.82) is 5.26 Å². The Morgan fingerprint density at radius 1 is 1.42 bits per heavy atom. The van der Waals surface area contributed by atoms with E-state index in [-0.39, 0.29) is 5.56 Å². The first-order chi connectivity index (χ1) is 9.20. The van der Waals surface area contributed by atoms with Gasteiger partial charge in [0.05, 0.1) is 11.3 Å². The smallest absolute Gasteiger partial charge is 0.145 e. The summed E-state index contributed by atoms with van der Waals surface area (Å²) in [5.74, 6) is -0.435. The van der Waals surface area contributed by atoms with Crippen molar-refractivity contribution in [2.24, 2.45) is 7.05 Å². The van der Waals surface area contributed by atoms with Gasteiger partial charge in [-0.15, -0.1) is 0 Å². The summed E-state index contributed by atoms with van der Waals surface area (Å²) in [5.41, 5.74) is 1.60. The molecule has 19 heavy (non-hydrogen) atoms. The van der Waals surface area contributed by atoms with Crippen LogP contribution in [0.4, 0.5) is 4.39 Å². The Balaban J connectivity index is 1.85. The zero-order valence-corrected chi connectivity index (χ0v) is 10.7. The number of aromatic nitrogens is 2. The van der Waals surface area contributed by atoms with Crippen LogP contribution in [0.1, 0.15) is 16.8 Å². The third kappa shape index (κ3) is 3.39. The van der Waals surface area contributed by atoms with Crippen molar-refractivity contribution in [2.75, 3.05) is 6.54 Å². The van der Waals surface area contributed by atoms with Crippen LogP contribution in [0.25, 0.3) is 0 Å². The van der Waals surface area contributed by atoms with Gasteiger partial charge in [-0.3, -0.25) is 4.68 Å². The Labute approximate surface area is 111 Å². The predicted octanol–water partition coefficient (Wildman–Crippen LogP) is 1.76. The molecule has 98 valence electrons. The number of hydrogen-bond acceptors (Lipinski definition) is 3. The summed E-state index contributed by atoms with van der Waals surface area (Å²) < 4.78 is 15.5. The molecule has 0 unspecified atom stereocenters. The third-order valence-electron chi connectivity index (χ3n) is 2.84. The maximum Gasteiger partial charge on any atom is 0.145 e. The molecule has 0 atom stereocenters. The highest BCUT2D eigenvalue weighted by molar-refractivity contribution is 5.34. The molecule has 4 nitrogen and oxygen atoms in total. The fraction of sp³-hybridized carbons (Fsp3) is 0.286. The van der Waals surface area contributed by atoms with E-state index < -0.39 is 5.82 Å². The van der Waals surface area contributed by atoms with E-state index >= 15 is 0 Å². The number of hydrogen-bond donors (Lipinski definition) is 1. The molecule has 0 radical (unpaired) electrons. The second kappa shape index (κ2) is 6.12. The lowest BCUT2D eigenvalue weighted by Gasteiger charge is -2.06. The fourth-order valence-corrected chi connectivity index (χ4v) is 1.84. The van der Waals surface area contributed by atoms with Crippen LogP contribution < -0.4 is 5.32 Å². The van der Waals surface area contributed by atoms with Gasteiger partial charge >= 0.3 is 0 Å². The largest absolute Gasteiger partial charge is 0.312 e. The molecule has 0 fully saturated rings. The van der Waals surface area contributed by atoms with E-state index in [2.05, 4.69) is 10.4 Å². The Bertz CT molecular complexity index is 598. The van der Waals surface area contributed by atoms with Gasteiger partial charge in [0.25, 0.3) is 0 Å². The van der Waals surface area contributed by atoms with Crippen molar-refractivity contribution in [3.63, 3.8) is 0 Å². The molecule has 0 saturated heterocycles. The number of nitrogens with zero attached hydrogens (tertiary/aromatic N) is 3. The first-order valence-corrected chi connectivity index (χ1v) is 6.07. The van der Waals surface area contributed by atoms with E-state index in [1.165, 1.54) is 6.07 Å². The van der Waals surface area contributed by atoms with Gasteiger partial charge in [-0.25, -0.2) is 4.39 Å². The predicted molar refractivity (Wildman–Crippen MR) is 69.7 cm³/mol. The molecular weight excluding hydrogens is 243 g/mol. The van der Waals surface area contributed by atoms with Crippen molar-refractivity contribution in [1.82, 2.24) is 15.1 Å². The Morgan fingerprint density at radius 2 is 2.26 bits per heavy atom. The van der Waals surface area contributed by atoms with Crippen molar-refractivity contribution in [3.05, 3.63) is 53.1 Å². The Hall–Kier alpha value is -2.19. The van der Waals surface area contributed by atoms with Crippen molar-refractivity contribution < 1.29 is 4.39 Å². The highest BCUT2D eigenvalue weighted by Crippen LogP contribution is 2.11. The first-order valence-electron chi connectivity index (χ1n) is 6.07. The van der Waals surface area contributed by atoms with E-state index in [4.69, 9.17) is 5.26 Å². The van der Waals surface area contributed by atoms with E-state index in [9.17, 15) is 4.39 Å². The van der Waals surface area contributed by atoms with Crippen LogP contribution >= 0.6 is 0 Å². The first kappa shape index (κ1) is 13.2. The molecule has 1 N–H and O–H groups in total. The summed E-state index contributed by atoms with van der Waals surface area (Å²) >= 11 is 0. The maximum absolute atomic E-state index is 13.7. The molecule has 0 bridgehead atoms. The Morgan fingerprint density at radius 3 is 2.95 bits per heavy atom. The molecular formula is C14H15FN4. The quantitative estimate of drug-likeness (QED) is 0.831. The third-order valence-corrected chi connectivity index (χ3v) is 2.84. The minimum atomic E-state index is -0.435. The number of nitrogens with one attached hydrogen (secondary N) is 1. The fourth-order valence-electron chi connectivity index (χ4n) is 1.84. The minimum absolute atomic E-state index is 0.0871. The molecule has 0 aliphatic carbocycles. The van der Waals surface area contributed by atoms with E-state index in [0.717, 1.165) is 12.1 Å². The minimum Gasteiger partial charge on any atom is -0.312 e. The van der Waals surface area contributed by atoms with Crippen LogP contribution in [-0.4, -0.2) is 16.3 Å². The molecule has 5 heteroatoms. The van der Waals surface area contributed by atoms with Gasteiger partial charge in [-0.2, -0.15) is 10.4 Å². The molecule has 0 saturated carbocycles. The monoisotopic (exact) mass is 258 g/mol. The van der Waals surface area contributed by atoms with Gasteiger partial charge in [0, 0.05) is 38.3 Å². The highest BCUT2D eigenvalue weighted by atomic mass is 19.1. The zero-order chi connectivity index (χ0) is 13.7. The summed E-state index contributed by atoms with van der Waals surface area (Å²) in [5, 5.41) is 16.2. The molecule has 0 spiro atoms. The lowest BCUT2D eigenvalue weighted by Crippen LogP contribution is -2.18. The van der Waals surface area contributed by atoms with Crippen LogP contribution in [0.5, 0.6) is 0 Å². The van der Waals surface area contributed by atoms with E-state index in [1.54, 1.807) is 16.8 Å². The van der Waals surface area contributed by atoms with Crippen LogP contribution in [0.15, 0.2) is 30.5 Å². The normalized spacial score (nSPS) is 10.4. The van der Waals surface area contributed by atoms with E-state index in [1.807, 2.05) is 25.4 Å². The molecule has 1 heterocycles. The molecule has 1 aromatic heterocycles. The van der Waals surface area contributed by atoms with Crippen LogP contribution in [-0.2, 0) is 20.0 Å². The molecule has 0 amide bonds. The molecule has 0 aliphatic heterocycles. The van der Waals surface area contributed by atoms with Crippen molar-refractivity contribution in [2.45, 2.75) is 13.0 Å². The summed E-state index contributed by atoms with van der Waals surface area (Å²) in [6.45, 7) is 1.13. The number of benzene rings is 1. The standard InChI is InChI=1S/C14H15FN4/c1-19-8-6-13(18-19)5-7-17-10-12-4-2-3-11(9-16)14(12)15/h2-4,6,8,17H,5,7,10H2,1H3. The van der Waals surface area contributed by atoms with Crippen LogP contribution in [0.2, 0.25) is 0 Å². The van der Waals surface area contributed by atoms with Crippen LogP contribution in [0, 0.1) is 17.1 Å². The number of halogens is 1. The summed E-state index contributed by atoms with van der Waals surface area (Å²) in [7, 11) is 1.87. The summed E-state index contributed by atoms with van der Waals surface area (Å²) in [6.07, 6.45) is 2.69. The highest BCUT2D eigenvalue weighted by Gasteiger charge is 2.06. The van der Waals surface area contributed by atoms with Gasteiger partial charge in [-0.1, -0.05) is 12.1 Å². The topological polar surface area (TPSA) is 53.6 Å². The zero-order valence-electron chi connectivity index (χ0n) is 10.7. The summed E-state index contributed by atoms with van der Waals surface area (Å²) in [6, 6.07) is 8.65. The lowest BCUT2D eigenvalue weighted by atomic mass is 10.1. The number of aryl methyl sites for hydroxylation is 1. The molecule has 2 aromatic rings. The van der Waals surface area contributed by atoms with Crippen molar-refractivity contribution >= 4 is 0 Å². The molecule has 1 aromatic carbocycles. The maximum atomic E-state index is 13.7. The average Bonchev–Trinajstić information content (AvgIpc) is 2.82. The number of rotatable bonds is 5. The second-order valence-corrected chi connectivity index (χ2v) is 4.30. The van der Waals surface area contributed by atoms with E-state index in [0.29, 0.717) is 18.7 Å². The van der Waals surface area contributed by atoms with Gasteiger partial charge in [0.2, 0.25) is 0 Å². The average molecular weight is 258 g/mol. The van der Waals surface area contributed by atoms with Gasteiger partial charge in [0.15, 0.2) is 0 Å². The summed E-state index contributed by atoms with van der Waals surface area (Å²) in [4.78, 5) is 0. The van der Waals surface area contributed by atoms with Gasteiger partial charge in [-0.05, 0) is 12.1 Å². The Kier molecular flexibility index (Phi) is 4.26. The van der Waals surface area contributed by atoms with Gasteiger partial charge in [0.1, 0.15) is 11.9 Å². The van der Waals surface area contributed by atoms with Crippen LogP contribution in [0.3, 0.4) is 0 Å². The molecule has 2 rings (SSSR count). The van der Waals surface area contributed by atoms with Crippen molar-refractivity contribution in [3.8, 4) is 6.07 Å².